The quantitative estimate of drug-likeness (QED) is 0.651. The molecule has 0 spiro atoms. The number of nitrogens with one attached hydrogen (secondary N) is 2. The molecule has 0 aliphatic carbocycles. The second kappa shape index (κ2) is 9.15. The average Bonchev–Trinajstić information content (AvgIpc) is 2.38. The van der Waals surface area contributed by atoms with E-state index >= 15 is 0 Å². The van der Waals surface area contributed by atoms with Crippen LogP contribution in [0.5, 0.6) is 0 Å². The molecule has 1 saturated heterocycles. The van der Waals surface area contributed by atoms with E-state index in [1.54, 1.807) is 0 Å². The van der Waals surface area contributed by atoms with Crippen LogP contribution in [0.15, 0.2) is 0 Å². The molecular weight excluding hydrogens is 242 g/mol. The van der Waals surface area contributed by atoms with E-state index in [2.05, 4.69) is 22.5 Å². The lowest BCUT2D eigenvalue weighted by Gasteiger charge is -2.29. The highest BCUT2D eigenvalue weighted by atomic mass is 16.3. The van der Waals surface area contributed by atoms with Crippen molar-refractivity contribution in [3.05, 3.63) is 0 Å². The summed E-state index contributed by atoms with van der Waals surface area (Å²) in [4.78, 5) is 14.1. The Kier molecular flexibility index (Phi) is 7.82. The number of urea groups is 1. The van der Waals surface area contributed by atoms with E-state index in [1.807, 2.05) is 6.92 Å². The standard InChI is InChI=1S/C14H29N3O2/c1-12(11-17-7-4-3-5-8-17)10-15-14(19)16-13(2)6-9-18/h12-13,18H,3-11H2,1-2H3,(H2,15,16,19)/t12?,13-/m1/s1. The Labute approximate surface area is 116 Å². The summed E-state index contributed by atoms with van der Waals surface area (Å²) >= 11 is 0. The Hall–Kier alpha value is -0.810. The number of amides is 2. The Morgan fingerprint density at radius 1 is 1.26 bits per heavy atom. The van der Waals surface area contributed by atoms with Crippen LogP contribution in [0, 0.1) is 5.92 Å². The SMILES string of the molecule is CC(CNC(=O)N[C@H](C)CCO)CN1CCCCC1. The molecule has 1 rings (SSSR count). The van der Waals surface area contributed by atoms with Crippen LogP contribution in [0.3, 0.4) is 0 Å². The van der Waals surface area contributed by atoms with Crippen LogP contribution in [0.4, 0.5) is 4.79 Å². The van der Waals surface area contributed by atoms with Crippen molar-refractivity contribution >= 4 is 6.03 Å². The molecule has 0 bridgehead atoms. The van der Waals surface area contributed by atoms with Crippen molar-refractivity contribution in [1.82, 2.24) is 15.5 Å². The van der Waals surface area contributed by atoms with Gasteiger partial charge in [-0.1, -0.05) is 13.3 Å². The summed E-state index contributed by atoms with van der Waals surface area (Å²) in [7, 11) is 0. The minimum absolute atomic E-state index is 0.0161. The first kappa shape index (κ1) is 16.2. The Balaban J connectivity index is 2.11. The monoisotopic (exact) mass is 271 g/mol. The van der Waals surface area contributed by atoms with Gasteiger partial charge in [0.2, 0.25) is 0 Å². The zero-order valence-electron chi connectivity index (χ0n) is 12.3. The van der Waals surface area contributed by atoms with Gasteiger partial charge < -0.3 is 20.6 Å². The van der Waals surface area contributed by atoms with E-state index in [4.69, 9.17) is 5.11 Å². The highest BCUT2D eigenvalue weighted by Gasteiger charge is 2.14. The van der Waals surface area contributed by atoms with Crippen molar-refractivity contribution in [3.8, 4) is 0 Å². The molecule has 5 heteroatoms. The minimum Gasteiger partial charge on any atom is -0.396 e. The fraction of sp³-hybridized carbons (Fsp3) is 0.929. The number of nitrogens with zero attached hydrogens (tertiary/aromatic N) is 1. The first-order valence-electron chi connectivity index (χ1n) is 7.49. The number of hydrogen-bond donors (Lipinski definition) is 3. The maximum Gasteiger partial charge on any atom is 0.315 e. The van der Waals surface area contributed by atoms with Gasteiger partial charge >= 0.3 is 6.03 Å². The van der Waals surface area contributed by atoms with Crippen LogP contribution >= 0.6 is 0 Å². The van der Waals surface area contributed by atoms with E-state index in [9.17, 15) is 4.79 Å². The second-order valence-electron chi connectivity index (χ2n) is 5.73. The lowest BCUT2D eigenvalue weighted by Crippen LogP contribution is -2.44. The molecule has 1 fully saturated rings. The Morgan fingerprint density at radius 3 is 2.58 bits per heavy atom. The van der Waals surface area contributed by atoms with Gasteiger partial charge in [-0.15, -0.1) is 0 Å². The van der Waals surface area contributed by atoms with Crippen molar-refractivity contribution < 1.29 is 9.90 Å². The summed E-state index contributed by atoms with van der Waals surface area (Å²) in [6.07, 6.45) is 4.56. The van der Waals surface area contributed by atoms with Gasteiger partial charge in [0.05, 0.1) is 0 Å². The molecule has 2 amide bonds. The van der Waals surface area contributed by atoms with Gasteiger partial charge in [0.25, 0.3) is 0 Å². The van der Waals surface area contributed by atoms with Gasteiger partial charge in [0, 0.05) is 25.7 Å². The van der Waals surface area contributed by atoms with Crippen LogP contribution in [-0.4, -0.2) is 54.9 Å². The van der Waals surface area contributed by atoms with Crippen molar-refractivity contribution in [1.29, 1.82) is 0 Å². The largest absolute Gasteiger partial charge is 0.396 e. The topological polar surface area (TPSA) is 64.6 Å². The number of likely N-dealkylation sites (tertiary alicyclic amines) is 1. The van der Waals surface area contributed by atoms with Gasteiger partial charge in [-0.3, -0.25) is 0 Å². The molecular formula is C14H29N3O2. The van der Waals surface area contributed by atoms with Crippen LogP contribution in [0.2, 0.25) is 0 Å². The Bertz CT molecular complexity index is 255. The average molecular weight is 271 g/mol. The van der Waals surface area contributed by atoms with Crippen LogP contribution < -0.4 is 10.6 Å². The fourth-order valence-corrected chi connectivity index (χ4v) is 2.45. The van der Waals surface area contributed by atoms with Gasteiger partial charge in [0.15, 0.2) is 0 Å². The molecule has 1 heterocycles. The summed E-state index contributed by atoms with van der Waals surface area (Å²) in [5.74, 6) is 0.469. The molecule has 0 aromatic rings. The fourth-order valence-electron chi connectivity index (χ4n) is 2.45. The van der Waals surface area contributed by atoms with Crippen molar-refractivity contribution in [2.45, 2.75) is 45.6 Å². The van der Waals surface area contributed by atoms with Gasteiger partial charge in [-0.25, -0.2) is 4.79 Å². The number of carbonyl (C=O) groups excluding carboxylic acids is 1. The smallest absolute Gasteiger partial charge is 0.315 e. The third-order valence-electron chi connectivity index (χ3n) is 3.57. The van der Waals surface area contributed by atoms with Gasteiger partial charge in [-0.2, -0.15) is 0 Å². The van der Waals surface area contributed by atoms with E-state index in [0.717, 1.165) is 6.54 Å². The molecule has 3 N–H and O–H groups in total. The van der Waals surface area contributed by atoms with Crippen LogP contribution in [-0.2, 0) is 0 Å². The van der Waals surface area contributed by atoms with E-state index in [0.29, 0.717) is 18.9 Å². The number of carbonyl (C=O) groups is 1. The molecule has 2 atom stereocenters. The maximum atomic E-state index is 11.6. The molecule has 1 unspecified atom stereocenters. The van der Waals surface area contributed by atoms with E-state index in [1.165, 1.54) is 32.4 Å². The Morgan fingerprint density at radius 2 is 1.95 bits per heavy atom. The third kappa shape index (κ3) is 7.38. The molecule has 1 aliphatic rings. The normalized spacial score (nSPS) is 19.7. The molecule has 19 heavy (non-hydrogen) atoms. The minimum atomic E-state index is -0.133. The number of aliphatic hydroxyl groups is 1. The summed E-state index contributed by atoms with van der Waals surface area (Å²) in [5, 5.41) is 14.5. The van der Waals surface area contributed by atoms with E-state index in [-0.39, 0.29) is 18.7 Å². The van der Waals surface area contributed by atoms with Crippen molar-refractivity contribution in [2.75, 3.05) is 32.8 Å². The summed E-state index contributed by atoms with van der Waals surface area (Å²) in [6.45, 7) is 8.33. The van der Waals surface area contributed by atoms with Crippen LogP contribution in [0.25, 0.3) is 0 Å². The third-order valence-corrected chi connectivity index (χ3v) is 3.57. The number of piperidine rings is 1. The van der Waals surface area contributed by atoms with Crippen molar-refractivity contribution in [3.63, 3.8) is 0 Å². The summed E-state index contributed by atoms with van der Waals surface area (Å²) in [5.41, 5.74) is 0. The molecule has 5 nitrogen and oxygen atoms in total. The highest BCUT2D eigenvalue weighted by molar-refractivity contribution is 5.74. The number of hydrogen-bond acceptors (Lipinski definition) is 3. The molecule has 0 saturated carbocycles. The first-order chi connectivity index (χ1) is 9.11. The first-order valence-corrected chi connectivity index (χ1v) is 7.49. The zero-order chi connectivity index (χ0) is 14.1. The van der Waals surface area contributed by atoms with Crippen molar-refractivity contribution in [2.24, 2.45) is 5.92 Å². The predicted octanol–water partition coefficient (Wildman–Crippen LogP) is 1.18. The molecule has 0 aromatic carbocycles. The lowest BCUT2D eigenvalue weighted by atomic mass is 10.1. The maximum absolute atomic E-state index is 11.6. The molecule has 0 radical (unpaired) electrons. The molecule has 112 valence electrons. The lowest BCUT2D eigenvalue weighted by molar-refractivity contribution is 0.196. The summed E-state index contributed by atoms with van der Waals surface area (Å²) < 4.78 is 0. The molecule has 1 aliphatic heterocycles. The highest BCUT2D eigenvalue weighted by Crippen LogP contribution is 2.10. The van der Waals surface area contributed by atoms with Gasteiger partial charge in [-0.05, 0) is 45.2 Å². The zero-order valence-corrected chi connectivity index (χ0v) is 12.3. The number of aliphatic hydroxyl groups excluding tert-OH is 1. The predicted molar refractivity (Wildman–Crippen MR) is 77.2 cm³/mol. The summed E-state index contributed by atoms with van der Waals surface area (Å²) in [6, 6.07) is -0.117. The van der Waals surface area contributed by atoms with E-state index < -0.39 is 0 Å². The second-order valence-corrected chi connectivity index (χ2v) is 5.73. The number of rotatable bonds is 7. The van der Waals surface area contributed by atoms with Crippen LogP contribution in [0.1, 0.15) is 39.5 Å². The molecule has 0 aromatic heterocycles. The van der Waals surface area contributed by atoms with Gasteiger partial charge in [0.1, 0.15) is 0 Å².